The van der Waals surface area contributed by atoms with Gasteiger partial charge in [0, 0.05) is 15.6 Å². The molecule has 1 heterocycles. The van der Waals surface area contributed by atoms with Crippen LogP contribution in [0.2, 0.25) is 5.02 Å². The summed E-state index contributed by atoms with van der Waals surface area (Å²) in [6.07, 6.45) is 3.90. The fraction of sp³-hybridized carbons (Fsp3) is 0.217. The zero-order valence-corrected chi connectivity index (χ0v) is 17.8. The number of aryl methyl sites for hydroxylation is 1. The van der Waals surface area contributed by atoms with Crippen LogP contribution in [0.5, 0.6) is 5.75 Å². The molecule has 5 nitrogen and oxygen atoms in total. The molecular weight excluding hydrogens is 420 g/mol. The summed E-state index contributed by atoms with van der Waals surface area (Å²) < 4.78 is 5.53. The fourth-order valence-electron chi connectivity index (χ4n) is 3.45. The smallest absolute Gasteiger partial charge is 0.262 e. The van der Waals surface area contributed by atoms with E-state index in [1.54, 1.807) is 36.4 Å². The fourth-order valence-corrected chi connectivity index (χ4v) is 4.88. The first-order chi connectivity index (χ1) is 14.6. The lowest BCUT2D eigenvalue weighted by Gasteiger charge is -2.13. The second kappa shape index (κ2) is 9.32. The number of fused-ring (bicyclic) bond motifs is 1. The number of hydrogen-bond donors (Lipinski definition) is 2. The Labute approximate surface area is 184 Å². The number of nitrogens with one attached hydrogen (secondary N) is 2. The summed E-state index contributed by atoms with van der Waals surface area (Å²) in [5.41, 5.74) is 2.25. The summed E-state index contributed by atoms with van der Waals surface area (Å²) in [6, 6.07) is 16.1. The lowest BCUT2D eigenvalue weighted by molar-refractivity contribution is -0.118. The van der Waals surface area contributed by atoms with Gasteiger partial charge in [0.15, 0.2) is 6.61 Å². The number of amides is 2. The van der Waals surface area contributed by atoms with Gasteiger partial charge in [-0.25, -0.2) is 0 Å². The third-order valence-corrected chi connectivity index (χ3v) is 6.33. The molecule has 0 atom stereocenters. The molecule has 0 unspecified atom stereocenters. The predicted molar refractivity (Wildman–Crippen MR) is 121 cm³/mol. The maximum atomic E-state index is 13.1. The van der Waals surface area contributed by atoms with Crippen LogP contribution in [-0.2, 0) is 17.6 Å². The maximum Gasteiger partial charge on any atom is 0.262 e. The van der Waals surface area contributed by atoms with Crippen molar-refractivity contribution >= 4 is 45.4 Å². The van der Waals surface area contributed by atoms with Gasteiger partial charge in [0.25, 0.3) is 11.8 Å². The topological polar surface area (TPSA) is 67.4 Å². The van der Waals surface area contributed by atoms with Crippen LogP contribution in [0.25, 0.3) is 0 Å². The number of para-hydroxylation sites is 1. The monoisotopic (exact) mass is 440 g/mol. The van der Waals surface area contributed by atoms with Crippen molar-refractivity contribution in [2.24, 2.45) is 0 Å². The van der Waals surface area contributed by atoms with Crippen molar-refractivity contribution in [3.05, 3.63) is 75.6 Å². The number of carbonyl (C=O) groups excluding carboxylic acids is 2. The van der Waals surface area contributed by atoms with Gasteiger partial charge in [-0.15, -0.1) is 11.3 Å². The van der Waals surface area contributed by atoms with Gasteiger partial charge < -0.3 is 15.4 Å². The number of ether oxygens (including phenoxy) is 1. The van der Waals surface area contributed by atoms with Crippen LogP contribution in [0.15, 0.2) is 54.6 Å². The average Bonchev–Trinajstić information content (AvgIpc) is 3.12. The van der Waals surface area contributed by atoms with E-state index in [-0.39, 0.29) is 18.4 Å². The highest BCUT2D eigenvalue weighted by molar-refractivity contribution is 7.17. The van der Waals surface area contributed by atoms with Crippen molar-refractivity contribution in [3.63, 3.8) is 0 Å². The molecule has 1 aliphatic carbocycles. The maximum absolute atomic E-state index is 13.1. The van der Waals surface area contributed by atoms with Crippen molar-refractivity contribution in [3.8, 4) is 5.75 Å². The van der Waals surface area contributed by atoms with E-state index >= 15 is 0 Å². The Balaban J connectivity index is 1.52. The van der Waals surface area contributed by atoms with E-state index in [1.165, 1.54) is 16.2 Å². The van der Waals surface area contributed by atoms with Gasteiger partial charge in [-0.05, 0) is 67.6 Å². The minimum absolute atomic E-state index is 0.120. The summed E-state index contributed by atoms with van der Waals surface area (Å²) >= 11 is 7.41. The molecule has 3 aromatic rings. The van der Waals surface area contributed by atoms with E-state index in [2.05, 4.69) is 10.6 Å². The molecule has 1 aliphatic rings. The highest BCUT2D eigenvalue weighted by Crippen LogP contribution is 2.38. The number of rotatable bonds is 6. The third kappa shape index (κ3) is 4.83. The summed E-state index contributed by atoms with van der Waals surface area (Å²) in [4.78, 5) is 26.8. The number of benzene rings is 2. The van der Waals surface area contributed by atoms with Gasteiger partial charge >= 0.3 is 0 Å². The van der Waals surface area contributed by atoms with E-state index < -0.39 is 0 Å². The molecule has 0 aliphatic heterocycles. The van der Waals surface area contributed by atoms with Gasteiger partial charge in [0.1, 0.15) is 10.8 Å². The minimum Gasteiger partial charge on any atom is -0.484 e. The zero-order valence-electron chi connectivity index (χ0n) is 16.2. The van der Waals surface area contributed by atoms with Crippen LogP contribution in [-0.4, -0.2) is 18.4 Å². The molecular formula is C23H21ClN2O3S. The third-order valence-electron chi connectivity index (χ3n) is 4.87. The Morgan fingerprint density at radius 2 is 1.70 bits per heavy atom. The molecule has 2 aromatic carbocycles. The van der Waals surface area contributed by atoms with Gasteiger partial charge in [-0.1, -0.05) is 29.8 Å². The van der Waals surface area contributed by atoms with Crippen LogP contribution in [0, 0.1) is 0 Å². The molecule has 154 valence electrons. The first kappa shape index (κ1) is 20.4. The Bertz CT molecular complexity index is 1050. The number of anilines is 2. The van der Waals surface area contributed by atoms with Crippen molar-refractivity contribution in [1.29, 1.82) is 0 Å². The van der Waals surface area contributed by atoms with E-state index in [0.29, 0.717) is 27.0 Å². The minimum atomic E-state index is -0.294. The van der Waals surface area contributed by atoms with Crippen LogP contribution in [0.3, 0.4) is 0 Å². The van der Waals surface area contributed by atoms with Crippen molar-refractivity contribution < 1.29 is 14.3 Å². The van der Waals surface area contributed by atoms with Gasteiger partial charge in [-0.3, -0.25) is 9.59 Å². The number of thiophene rings is 1. The number of halogens is 1. The second-order valence-electron chi connectivity index (χ2n) is 7.03. The Kier molecular flexibility index (Phi) is 6.35. The molecule has 0 radical (unpaired) electrons. The van der Waals surface area contributed by atoms with Crippen LogP contribution < -0.4 is 15.4 Å². The van der Waals surface area contributed by atoms with Gasteiger partial charge in [0.2, 0.25) is 0 Å². The Morgan fingerprint density at radius 1 is 0.967 bits per heavy atom. The standard InChI is InChI=1S/C23H21ClN2O3S/c24-15-10-12-16(13-11-15)25-22(28)21-18-8-4-5-9-19(18)30-23(21)26-20(27)14-29-17-6-2-1-3-7-17/h1-3,6-7,10-13H,4-5,8-9,14H2,(H,25,28)(H,26,27). The van der Waals surface area contributed by atoms with E-state index in [0.717, 1.165) is 31.2 Å². The SMILES string of the molecule is O=C(COc1ccccc1)Nc1sc2c(c1C(=O)Nc1ccc(Cl)cc1)CCCC2. The molecule has 2 N–H and O–H groups in total. The van der Waals surface area contributed by atoms with E-state index in [9.17, 15) is 9.59 Å². The molecule has 1 aromatic heterocycles. The lowest BCUT2D eigenvalue weighted by atomic mass is 9.95. The molecule has 0 fully saturated rings. The van der Waals surface area contributed by atoms with Crippen LogP contribution in [0.1, 0.15) is 33.6 Å². The summed E-state index contributed by atoms with van der Waals surface area (Å²) in [5.74, 6) is 0.104. The normalized spacial score (nSPS) is 12.7. The molecule has 0 bridgehead atoms. The first-order valence-electron chi connectivity index (χ1n) is 9.79. The predicted octanol–water partition coefficient (Wildman–Crippen LogP) is 5.55. The molecule has 7 heteroatoms. The largest absolute Gasteiger partial charge is 0.484 e. The Hall–Kier alpha value is -2.83. The van der Waals surface area contributed by atoms with Crippen LogP contribution in [0.4, 0.5) is 10.7 Å². The molecule has 0 saturated heterocycles. The first-order valence-corrected chi connectivity index (χ1v) is 11.0. The Morgan fingerprint density at radius 3 is 2.47 bits per heavy atom. The van der Waals surface area contributed by atoms with Crippen molar-refractivity contribution in [1.82, 2.24) is 0 Å². The van der Waals surface area contributed by atoms with Crippen LogP contribution >= 0.6 is 22.9 Å². The average molecular weight is 441 g/mol. The molecule has 0 spiro atoms. The second-order valence-corrected chi connectivity index (χ2v) is 8.57. The van der Waals surface area contributed by atoms with E-state index in [1.807, 2.05) is 18.2 Å². The van der Waals surface area contributed by atoms with Gasteiger partial charge in [-0.2, -0.15) is 0 Å². The van der Waals surface area contributed by atoms with Gasteiger partial charge in [0.05, 0.1) is 5.56 Å². The molecule has 30 heavy (non-hydrogen) atoms. The van der Waals surface area contributed by atoms with Crippen molar-refractivity contribution in [2.45, 2.75) is 25.7 Å². The highest BCUT2D eigenvalue weighted by atomic mass is 35.5. The van der Waals surface area contributed by atoms with Crippen molar-refractivity contribution in [2.75, 3.05) is 17.2 Å². The molecule has 0 saturated carbocycles. The zero-order chi connectivity index (χ0) is 20.9. The number of hydrogen-bond acceptors (Lipinski definition) is 4. The molecule has 4 rings (SSSR count). The summed E-state index contributed by atoms with van der Waals surface area (Å²) in [6.45, 7) is -0.120. The summed E-state index contributed by atoms with van der Waals surface area (Å²) in [7, 11) is 0. The quantitative estimate of drug-likeness (QED) is 0.528. The lowest BCUT2D eigenvalue weighted by Crippen LogP contribution is -2.22. The highest BCUT2D eigenvalue weighted by Gasteiger charge is 2.26. The number of carbonyl (C=O) groups is 2. The molecule has 2 amide bonds. The summed E-state index contributed by atoms with van der Waals surface area (Å²) in [5, 5.41) is 6.99. The van der Waals surface area contributed by atoms with E-state index in [4.69, 9.17) is 16.3 Å².